The largest absolute Gasteiger partial charge is 1.00 e. The van der Waals surface area contributed by atoms with Gasteiger partial charge in [-0.1, -0.05) is 0 Å². The minimum Gasteiger partial charge on any atom is -0.549 e. The first kappa shape index (κ1) is 13.9. The predicted octanol–water partition coefficient (Wildman–Crippen LogP) is -6.32. The SMILES string of the molecule is O=C([O-])CNCC(O)CO.[Na+]. The average Bonchev–Trinajstić information content (AvgIpc) is 1.87. The third-order valence-corrected chi connectivity index (χ3v) is 0.860. The molecule has 0 saturated heterocycles. The van der Waals surface area contributed by atoms with Gasteiger partial charge in [-0.05, 0) is 0 Å². The predicted molar refractivity (Wildman–Crippen MR) is 31.0 cm³/mol. The molecule has 5 nitrogen and oxygen atoms in total. The molecule has 0 aliphatic heterocycles. The third-order valence-electron chi connectivity index (χ3n) is 0.860. The summed E-state index contributed by atoms with van der Waals surface area (Å²) in [5, 5.41) is 29.0. The van der Waals surface area contributed by atoms with Crippen molar-refractivity contribution in [2.24, 2.45) is 0 Å². The smallest absolute Gasteiger partial charge is 0.549 e. The van der Waals surface area contributed by atoms with E-state index in [0.29, 0.717) is 0 Å². The van der Waals surface area contributed by atoms with E-state index in [1.54, 1.807) is 0 Å². The van der Waals surface area contributed by atoms with Crippen LogP contribution in [0.4, 0.5) is 0 Å². The molecule has 3 N–H and O–H groups in total. The Morgan fingerprint density at radius 3 is 2.55 bits per heavy atom. The molecule has 0 spiro atoms. The number of rotatable bonds is 5. The van der Waals surface area contributed by atoms with Gasteiger partial charge in [-0.25, -0.2) is 0 Å². The molecule has 0 bridgehead atoms. The van der Waals surface area contributed by atoms with Gasteiger partial charge in [0.1, 0.15) is 0 Å². The van der Waals surface area contributed by atoms with Crippen LogP contribution >= 0.6 is 0 Å². The van der Waals surface area contributed by atoms with Gasteiger partial charge in [0.2, 0.25) is 0 Å². The van der Waals surface area contributed by atoms with Gasteiger partial charge in [0, 0.05) is 13.1 Å². The third kappa shape index (κ3) is 10.4. The number of hydrogen-bond donors (Lipinski definition) is 3. The van der Waals surface area contributed by atoms with Crippen molar-refractivity contribution in [3.8, 4) is 0 Å². The molecular formula is C5H10NNaO4. The van der Waals surface area contributed by atoms with Crippen LogP contribution in [0.25, 0.3) is 0 Å². The number of carbonyl (C=O) groups is 1. The minimum atomic E-state index is -1.23. The van der Waals surface area contributed by atoms with Crippen molar-refractivity contribution in [1.29, 1.82) is 0 Å². The topological polar surface area (TPSA) is 92.6 Å². The molecule has 6 heteroatoms. The molecule has 0 saturated carbocycles. The van der Waals surface area contributed by atoms with E-state index in [1.807, 2.05) is 0 Å². The van der Waals surface area contributed by atoms with Crippen molar-refractivity contribution in [1.82, 2.24) is 5.32 Å². The van der Waals surface area contributed by atoms with Gasteiger partial charge < -0.3 is 25.4 Å². The number of aliphatic carboxylic acids is 1. The normalized spacial score (nSPS) is 11.8. The van der Waals surface area contributed by atoms with Gasteiger partial charge in [-0.2, -0.15) is 0 Å². The van der Waals surface area contributed by atoms with Crippen molar-refractivity contribution in [2.45, 2.75) is 6.10 Å². The maximum absolute atomic E-state index is 9.75. The Morgan fingerprint density at radius 2 is 2.18 bits per heavy atom. The molecular weight excluding hydrogens is 161 g/mol. The van der Waals surface area contributed by atoms with Crippen LogP contribution in [0.15, 0.2) is 0 Å². The Bertz CT molecular complexity index is 111. The second-order valence-electron chi connectivity index (χ2n) is 1.84. The summed E-state index contributed by atoms with van der Waals surface area (Å²) in [6.45, 7) is -0.623. The van der Waals surface area contributed by atoms with E-state index in [0.717, 1.165) is 0 Å². The first-order valence-electron chi connectivity index (χ1n) is 2.86. The zero-order valence-electron chi connectivity index (χ0n) is 6.41. The van der Waals surface area contributed by atoms with Crippen LogP contribution < -0.4 is 40.0 Å². The van der Waals surface area contributed by atoms with E-state index in [-0.39, 0.29) is 49.3 Å². The van der Waals surface area contributed by atoms with Crippen molar-refractivity contribution >= 4 is 5.97 Å². The Hall–Kier alpha value is 0.350. The van der Waals surface area contributed by atoms with E-state index in [9.17, 15) is 9.90 Å². The zero-order chi connectivity index (χ0) is 7.98. The summed E-state index contributed by atoms with van der Waals surface area (Å²) in [6.07, 6.45) is -0.903. The van der Waals surface area contributed by atoms with Gasteiger partial charge in [-0.15, -0.1) is 0 Å². The minimum absolute atomic E-state index is 0. The van der Waals surface area contributed by atoms with Crippen molar-refractivity contribution < 1.29 is 49.7 Å². The summed E-state index contributed by atoms with van der Waals surface area (Å²) in [5.74, 6) is -1.23. The van der Waals surface area contributed by atoms with Gasteiger partial charge in [-0.3, -0.25) is 0 Å². The fourth-order valence-corrected chi connectivity index (χ4v) is 0.405. The average molecular weight is 171 g/mol. The van der Waals surface area contributed by atoms with Crippen LogP contribution in [0, 0.1) is 0 Å². The summed E-state index contributed by atoms with van der Waals surface area (Å²) < 4.78 is 0. The summed E-state index contributed by atoms with van der Waals surface area (Å²) in [7, 11) is 0. The molecule has 0 aliphatic carbocycles. The standard InChI is InChI=1S/C5H11NO4.Na/c7-3-4(8)1-6-2-5(9)10;/h4,6-8H,1-3H2,(H,9,10);/q;+1/p-1. The Labute approximate surface area is 86.7 Å². The maximum atomic E-state index is 9.75. The molecule has 0 fully saturated rings. The number of carboxylic acids is 1. The van der Waals surface area contributed by atoms with Crippen LogP contribution in [0.3, 0.4) is 0 Å². The van der Waals surface area contributed by atoms with Crippen LogP contribution in [-0.2, 0) is 4.79 Å². The number of nitrogens with one attached hydrogen (secondary N) is 1. The van der Waals surface area contributed by atoms with Crippen LogP contribution in [0.2, 0.25) is 0 Å². The molecule has 0 aliphatic rings. The number of aliphatic hydroxyl groups excluding tert-OH is 2. The molecule has 0 aromatic heterocycles. The van der Waals surface area contributed by atoms with E-state index in [1.165, 1.54) is 0 Å². The van der Waals surface area contributed by atoms with E-state index in [4.69, 9.17) is 10.2 Å². The van der Waals surface area contributed by atoms with Gasteiger partial charge in [0.15, 0.2) is 0 Å². The summed E-state index contributed by atoms with van der Waals surface area (Å²) >= 11 is 0. The molecule has 0 aromatic rings. The molecule has 60 valence electrons. The summed E-state index contributed by atoms with van der Waals surface area (Å²) in [6, 6.07) is 0. The second-order valence-corrected chi connectivity index (χ2v) is 1.84. The van der Waals surface area contributed by atoms with Crippen LogP contribution in [0.1, 0.15) is 0 Å². The molecule has 0 amide bonds. The number of carboxylic acid groups (broad SMARTS) is 1. The molecule has 1 unspecified atom stereocenters. The van der Waals surface area contributed by atoms with Crippen molar-refractivity contribution in [3.05, 3.63) is 0 Å². The Morgan fingerprint density at radius 1 is 1.64 bits per heavy atom. The van der Waals surface area contributed by atoms with E-state index < -0.39 is 12.1 Å². The van der Waals surface area contributed by atoms with Crippen molar-refractivity contribution in [2.75, 3.05) is 19.7 Å². The monoisotopic (exact) mass is 171 g/mol. The Kier molecular flexibility index (Phi) is 10.7. The molecule has 0 radical (unpaired) electrons. The van der Waals surface area contributed by atoms with Gasteiger partial charge >= 0.3 is 29.6 Å². The number of carbonyl (C=O) groups excluding carboxylic acids is 1. The van der Waals surface area contributed by atoms with Gasteiger partial charge in [0.05, 0.1) is 18.7 Å². The summed E-state index contributed by atoms with van der Waals surface area (Å²) in [4.78, 5) is 9.75. The molecule has 11 heavy (non-hydrogen) atoms. The Balaban J connectivity index is 0. The second kappa shape index (κ2) is 8.45. The first-order chi connectivity index (χ1) is 4.66. The molecule has 0 heterocycles. The van der Waals surface area contributed by atoms with E-state index >= 15 is 0 Å². The molecule has 0 aromatic carbocycles. The summed E-state index contributed by atoms with van der Waals surface area (Å²) in [5.41, 5.74) is 0. The zero-order valence-corrected chi connectivity index (χ0v) is 8.41. The van der Waals surface area contributed by atoms with Gasteiger partial charge in [0.25, 0.3) is 0 Å². The van der Waals surface area contributed by atoms with E-state index in [2.05, 4.69) is 5.32 Å². The van der Waals surface area contributed by atoms with Crippen LogP contribution in [-0.4, -0.2) is 42.0 Å². The number of hydrogen-bond acceptors (Lipinski definition) is 5. The first-order valence-corrected chi connectivity index (χ1v) is 2.86. The van der Waals surface area contributed by atoms with Crippen LogP contribution in [0.5, 0.6) is 0 Å². The van der Waals surface area contributed by atoms with Crippen molar-refractivity contribution in [3.63, 3.8) is 0 Å². The molecule has 1 atom stereocenters. The quantitative estimate of drug-likeness (QED) is 0.358. The molecule has 0 rings (SSSR count). The fraction of sp³-hybridized carbons (Fsp3) is 0.800. The number of aliphatic hydroxyl groups is 2. The maximum Gasteiger partial charge on any atom is 1.00 e. The fourth-order valence-electron chi connectivity index (χ4n) is 0.405.